The Morgan fingerprint density at radius 3 is 2.34 bits per heavy atom. The van der Waals surface area contributed by atoms with Crippen LogP contribution in [0.5, 0.6) is 0 Å². The second-order valence-electron chi connectivity index (χ2n) is 7.63. The molecule has 180 valence electrons. The van der Waals surface area contributed by atoms with Crippen molar-refractivity contribution in [3.63, 3.8) is 0 Å². The molecule has 2 aromatic carbocycles. The number of thiazole rings is 1. The molecule has 0 aliphatic carbocycles. The Kier molecular flexibility index (Phi) is 6.82. The molecule has 4 rings (SSSR count). The van der Waals surface area contributed by atoms with Gasteiger partial charge in [0.2, 0.25) is 0 Å². The number of ketones is 1. The van der Waals surface area contributed by atoms with E-state index in [-0.39, 0.29) is 17.9 Å². The summed E-state index contributed by atoms with van der Waals surface area (Å²) >= 11 is 1.07. The molecule has 0 aliphatic rings. The number of Topliss-reactive ketones (excluding diaryl/α,β-unsaturated/α-hetero) is 1. The first kappa shape index (κ1) is 24.7. The normalized spacial score (nSPS) is 11.6. The lowest BCUT2D eigenvalue weighted by Crippen LogP contribution is -2.10. The Hall–Kier alpha value is -3.44. The minimum Gasteiger partial charge on any atom is -0.300 e. The molecule has 0 spiro atoms. The van der Waals surface area contributed by atoms with Gasteiger partial charge in [0.15, 0.2) is 9.84 Å². The van der Waals surface area contributed by atoms with Gasteiger partial charge in [-0.05, 0) is 48.9 Å². The molecule has 0 amide bonds. The molecule has 0 fully saturated rings. The quantitative estimate of drug-likeness (QED) is 0.299. The molecule has 0 saturated carbocycles. The van der Waals surface area contributed by atoms with Crippen LogP contribution in [0.1, 0.15) is 17.5 Å². The van der Waals surface area contributed by atoms with Crippen LogP contribution >= 0.6 is 11.3 Å². The van der Waals surface area contributed by atoms with E-state index in [2.05, 4.69) is 9.97 Å². The van der Waals surface area contributed by atoms with Gasteiger partial charge >= 0.3 is 0 Å². The van der Waals surface area contributed by atoms with Crippen LogP contribution in [-0.4, -0.2) is 24.2 Å². The molecular weight excluding hydrogens is 504 g/mol. The summed E-state index contributed by atoms with van der Waals surface area (Å²) in [5.41, 5.74) is -0.605. The van der Waals surface area contributed by atoms with E-state index in [0.29, 0.717) is 27.6 Å². The molecule has 4 aromatic rings. The predicted octanol–water partition coefficient (Wildman–Crippen LogP) is 5.53. The van der Waals surface area contributed by atoms with E-state index >= 15 is 4.39 Å². The summed E-state index contributed by atoms with van der Waals surface area (Å²) in [6.45, 7) is 1.35. The smallest absolute Gasteiger partial charge is 0.185 e. The molecule has 0 unspecified atom stereocenters. The number of aromatic nitrogens is 2. The zero-order valence-electron chi connectivity index (χ0n) is 18.1. The highest BCUT2D eigenvalue weighted by molar-refractivity contribution is 7.90. The van der Waals surface area contributed by atoms with Gasteiger partial charge in [-0.25, -0.2) is 31.0 Å². The van der Waals surface area contributed by atoms with Crippen LogP contribution in [0.25, 0.3) is 21.7 Å². The number of hydrogen-bond donors (Lipinski definition) is 0. The highest BCUT2D eigenvalue weighted by Crippen LogP contribution is 2.40. The molecule has 0 saturated heterocycles. The number of carbonyl (C=O) groups is 1. The molecule has 0 aliphatic heterocycles. The monoisotopic (exact) mass is 520 g/mol. The van der Waals surface area contributed by atoms with E-state index in [1.54, 1.807) is 12.1 Å². The average Bonchev–Trinajstić information content (AvgIpc) is 3.20. The number of nitrogens with zero attached hydrogens (tertiary/aromatic N) is 2. The summed E-state index contributed by atoms with van der Waals surface area (Å²) in [6, 6.07) is 6.93. The van der Waals surface area contributed by atoms with Crippen molar-refractivity contribution in [2.45, 2.75) is 24.0 Å². The molecular formula is C24H16F4N2O3S2. The van der Waals surface area contributed by atoms with E-state index < -0.39 is 54.9 Å². The van der Waals surface area contributed by atoms with Crippen LogP contribution in [0.2, 0.25) is 0 Å². The van der Waals surface area contributed by atoms with Crippen LogP contribution in [-0.2, 0) is 26.8 Å². The topological polar surface area (TPSA) is 77.0 Å². The number of hydrogen-bond acceptors (Lipinski definition) is 6. The Morgan fingerprint density at radius 1 is 0.971 bits per heavy atom. The lowest BCUT2D eigenvalue weighted by atomic mass is 10.0. The highest BCUT2D eigenvalue weighted by Gasteiger charge is 2.27. The van der Waals surface area contributed by atoms with E-state index in [1.165, 1.54) is 19.3 Å². The fraction of sp³-hybridized carbons (Fsp3) is 0.125. The molecule has 5 nitrogen and oxygen atoms in total. The van der Waals surface area contributed by atoms with Gasteiger partial charge in [-0.15, -0.1) is 11.3 Å². The molecule has 0 radical (unpaired) electrons. The van der Waals surface area contributed by atoms with Crippen molar-refractivity contribution in [3.8, 4) is 21.7 Å². The minimum absolute atomic E-state index is 0.0566. The lowest BCUT2D eigenvalue weighted by molar-refractivity contribution is -0.116. The summed E-state index contributed by atoms with van der Waals surface area (Å²) in [5, 5.41) is 0.318. The van der Waals surface area contributed by atoms with E-state index in [4.69, 9.17) is 0 Å². The molecule has 0 N–H and O–H groups in total. The van der Waals surface area contributed by atoms with Crippen molar-refractivity contribution >= 4 is 27.0 Å². The highest BCUT2D eigenvalue weighted by atomic mass is 32.2. The lowest BCUT2D eigenvalue weighted by Gasteiger charge is -2.11. The molecule has 2 heterocycles. The fourth-order valence-corrected chi connectivity index (χ4v) is 6.04. The van der Waals surface area contributed by atoms with Crippen molar-refractivity contribution in [2.75, 3.05) is 0 Å². The van der Waals surface area contributed by atoms with Gasteiger partial charge in [0.1, 0.15) is 39.0 Å². The van der Waals surface area contributed by atoms with Crippen LogP contribution < -0.4 is 0 Å². The number of pyridine rings is 1. The maximum absolute atomic E-state index is 15.6. The van der Waals surface area contributed by atoms with Crippen molar-refractivity contribution in [2.24, 2.45) is 0 Å². The molecule has 11 heteroatoms. The van der Waals surface area contributed by atoms with Crippen molar-refractivity contribution in [1.82, 2.24) is 9.97 Å². The van der Waals surface area contributed by atoms with Crippen molar-refractivity contribution < 1.29 is 30.8 Å². The third-order valence-corrected chi connectivity index (χ3v) is 7.77. The van der Waals surface area contributed by atoms with Gasteiger partial charge in [-0.1, -0.05) is 6.07 Å². The maximum atomic E-state index is 15.6. The maximum Gasteiger partial charge on any atom is 0.185 e. The van der Waals surface area contributed by atoms with Gasteiger partial charge in [0, 0.05) is 18.0 Å². The molecule has 0 atom stereocenters. The molecule has 35 heavy (non-hydrogen) atoms. The van der Waals surface area contributed by atoms with Crippen LogP contribution in [0.4, 0.5) is 17.6 Å². The zero-order valence-corrected chi connectivity index (χ0v) is 19.7. The summed E-state index contributed by atoms with van der Waals surface area (Å²) in [6.07, 6.45) is 2.90. The van der Waals surface area contributed by atoms with Crippen LogP contribution in [0, 0.1) is 23.3 Å². The summed E-state index contributed by atoms with van der Waals surface area (Å²) in [5.74, 6) is -5.63. The third kappa shape index (κ3) is 5.15. The largest absolute Gasteiger partial charge is 0.300 e. The molecule has 2 aromatic heterocycles. The Labute approximate surface area is 202 Å². The number of halogens is 4. The Bertz CT molecular complexity index is 1540. The SMILES string of the molecule is CC(=O)Cc1nc(-c2c(F)ccc(CS(=O)(=O)c3cc(F)ccc3F)c2F)c(-c2ccncc2)s1. The second kappa shape index (κ2) is 9.67. The predicted molar refractivity (Wildman–Crippen MR) is 122 cm³/mol. The van der Waals surface area contributed by atoms with Gasteiger partial charge in [-0.2, -0.15) is 0 Å². The standard InChI is InChI=1S/C24H16F4N2O3S2/c1-13(31)10-20-30-23(24(34-20)14-6-8-29-9-7-14)21-18(27)4-2-15(22(21)28)12-35(32,33)19-11-16(25)3-5-17(19)26/h2-9,11H,10,12H2,1H3. The molecule has 0 bridgehead atoms. The first-order valence-corrected chi connectivity index (χ1v) is 12.6. The minimum atomic E-state index is -4.52. The average molecular weight is 521 g/mol. The van der Waals surface area contributed by atoms with Crippen LogP contribution in [0.15, 0.2) is 59.8 Å². The van der Waals surface area contributed by atoms with E-state index in [0.717, 1.165) is 29.5 Å². The first-order chi connectivity index (χ1) is 16.6. The number of sulfone groups is 1. The zero-order chi connectivity index (χ0) is 25.3. The van der Waals surface area contributed by atoms with Gasteiger partial charge in [0.25, 0.3) is 0 Å². The van der Waals surface area contributed by atoms with Gasteiger partial charge < -0.3 is 0 Å². The van der Waals surface area contributed by atoms with Crippen LogP contribution in [0.3, 0.4) is 0 Å². The Balaban J connectivity index is 1.85. The number of carbonyl (C=O) groups excluding carboxylic acids is 1. The van der Waals surface area contributed by atoms with E-state index in [9.17, 15) is 26.4 Å². The fourth-order valence-electron chi connectivity index (χ4n) is 3.44. The summed E-state index contributed by atoms with van der Waals surface area (Å²) in [4.78, 5) is 19.2. The number of benzene rings is 2. The van der Waals surface area contributed by atoms with Crippen molar-refractivity contribution in [3.05, 3.63) is 88.7 Å². The summed E-state index contributed by atoms with van der Waals surface area (Å²) in [7, 11) is -4.52. The van der Waals surface area contributed by atoms with Gasteiger partial charge in [-0.3, -0.25) is 9.78 Å². The van der Waals surface area contributed by atoms with E-state index in [1.807, 2.05) is 0 Å². The van der Waals surface area contributed by atoms with Gasteiger partial charge in [0.05, 0.1) is 28.3 Å². The van der Waals surface area contributed by atoms with Crippen molar-refractivity contribution in [1.29, 1.82) is 0 Å². The summed E-state index contributed by atoms with van der Waals surface area (Å²) < 4.78 is 83.7. The Morgan fingerprint density at radius 2 is 1.66 bits per heavy atom. The second-order valence-corrected chi connectivity index (χ2v) is 10.7. The number of rotatable bonds is 7. The third-order valence-electron chi connectivity index (χ3n) is 5.00. The first-order valence-electron chi connectivity index (χ1n) is 10.1.